The SMILES string of the molecule is CC(C(=O)O)=C(O)CC(C)C(C)(C)C. The molecule has 0 spiro atoms. The molecule has 0 aromatic rings. The summed E-state index contributed by atoms with van der Waals surface area (Å²) in [6, 6.07) is 0. The Kier molecular flexibility index (Phi) is 4.17. The minimum Gasteiger partial charge on any atom is -0.512 e. The van der Waals surface area contributed by atoms with Crippen molar-refractivity contribution in [1.82, 2.24) is 0 Å². The van der Waals surface area contributed by atoms with E-state index in [0.29, 0.717) is 6.42 Å². The van der Waals surface area contributed by atoms with Crippen molar-refractivity contribution in [1.29, 1.82) is 0 Å². The second-order valence-corrected chi connectivity index (χ2v) is 4.85. The maximum atomic E-state index is 10.6. The standard InChI is InChI=1S/C11H20O3/c1-7(11(3,4)5)6-9(12)8(2)10(13)14/h7,12H,6H2,1-5H3,(H,13,14). The van der Waals surface area contributed by atoms with E-state index in [0.717, 1.165) is 0 Å². The molecule has 0 heterocycles. The van der Waals surface area contributed by atoms with Gasteiger partial charge in [-0.2, -0.15) is 0 Å². The van der Waals surface area contributed by atoms with Gasteiger partial charge in [-0.05, 0) is 18.3 Å². The molecule has 0 bridgehead atoms. The molecule has 0 radical (unpaired) electrons. The van der Waals surface area contributed by atoms with Crippen LogP contribution in [0.2, 0.25) is 0 Å². The van der Waals surface area contributed by atoms with E-state index in [1.807, 2.05) is 6.92 Å². The van der Waals surface area contributed by atoms with Crippen molar-refractivity contribution in [2.45, 2.75) is 41.0 Å². The maximum Gasteiger partial charge on any atom is 0.334 e. The van der Waals surface area contributed by atoms with Crippen molar-refractivity contribution in [2.75, 3.05) is 0 Å². The smallest absolute Gasteiger partial charge is 0.334 e. The van der Waals surface area contributed by atoms with Crippen LogP contribution in [0.15, 0.2) is 11.3 Å². The predicted octanol–water partition coefficient (Wildman–Crippen LogP) is 2.98. The first kappa shape index (κ1) is 13.0. The highest BCUT2D eigenvalue weighted by Crippen LogP contribution is 2.30. The minimum atomic E-state index is -1.05. The van der Waals surface area contributed by atoms with Crippen molar-refractivity contribution >= 4 is 5.97 Å². The molecule has 3 nitrogen and oxygen atoms in total. The Morgan fingerprint density at radius 3 is 2.00 bits per heavy atom. The molecule has 0 fully saturated rings. The lowest BCUT2D eigenvalue weighted by Crippen LogP contribution is -2.18. The Morgan fingerprint density at radius 1 is 1.29 bits per heavy atom. The van der Waals surface area contributed by atoms with Gasteiger partial charge < -0.3 is 10.2 Å². The third kappa shape index (κ3) is 3.81. The van der Waals surface area contributed by atoms with Gasteiger partial charge in [-0.25, -0.2) is 4.79 Å². The van der Waals surface area contributed by atoms with E-state index in [1.54, 1.807) is 0 Å². The molecule has 3 heteroatoms. The highest BCUT2D eigenvalue weighted by Gasteiger charge is 2.22. The first-order valence-corrected chi connectivity index (χ1v) is 4.78. The average molecular weight is 200 g/mol. The van der Waals surface area contributed by atoms with Crippen LogP contribution in [0.1, 0.15) is 41.0 Å². The highest BCUT2D eigenvalue weighted by molar-refractivity contribution is 5.86. The fourth-order valence-electron chi connectivity index (χ4n) is 0.873. The van der Waals surface area contributed by atoms with E-state index in [1.165, 1.54) is 6.92 Å². The number of allylic oxidation sites excluding steroid dienone is 1. The Morgan fingerprint density at radius 2 is 1.71 bits per heavy atom. The summed E-state index contributed by atoms with van der Waals surface area (Å²) in [7, 11) is 0. The molecule has 82 valence electrons. The van der Waals surface area contributed by atoms with Crippen LogP contribution in [-0.4, -0.2) is 16.2 Å². The number of hydrogen-bond donors (Lipinski definition) is 2. The quantitative estimate of drug-likeness (QED) is 0.544. The highest BCUT2D eigenvalue weighted by atomic mass is 16.4. The van der Waals surface area contributed by atoms with Crippen molar-refractivity contribution in [3.8, 4) is 0 Å². The summed E-state index contributed by atoms with van der Waals surface area (Å²) in [6.45, 7) is 9.64. The van der Waals surface area contributed by atoms with Gasteiger partial charge >= 0.3 is 5.97 Å². The van der Waals surface area contributed by atoms with Crippen molar-refractivity contribution in [3.05, 3.63) is 11.3 Å². The molecule has 0 aliphatic carbocycles. The van der Waals surface area contributed by atoms with Crippen LogP contribution in [0.5, 0.6) is 0 Å². The van der Waals surface area contributed by atoms with Crippen LogP contribution in [0, 0.1) is 11.3 Å². The van der Waals surface area contributed by atoms with Gasteiger partial charge in [0, 0.05) is 6.42 Å². The van der Waals surface area contributed by atoms with Crippen molar-refractivity contribution in [3.63, 3.8) is 0 Å². The van der Waals surface area contributed by atoms with Gasteiger partial charge in [-0.3, -0.25) is 0 Å². The molecule has 0 aliphatic heterocycles. The normalized spacial score (nSPS) is 16.1. The molecule has 0 rings (SSSR count). The molecular formula is C11H20O3. The lowest BCUT2D eigenvalue weighted by Gasteiger charge is -2.27. The van der Waals surface area contributed by atoms with Gasteiger partial charge in [0.2, 0.25) is 0 Å². The van der Waals surface area contributed by atoms with Gasteiger partial charge in [-0.1, -0.05) is 27.7 Å². The summed E-state index contributed by atoms with van der Waals surface area (Å²) >= 11 is 0. The molecular weight excluding hydrogens is 180 g/mol. The van der Waals surface area contributed by atoms with Crippen molar-refractivity contribution < 1.29 is 15.0 Å². The number of aliphatic carboxylic acids is 1. The number of aliphatic hydroxyl groups is 1. The molecule has 0 saturated carbocycles. The predicted molar refractivity (Wildman–Crippen MR) is 56.2 cm³/mol. The largest absolute Gasteiger partial charge is 0.512 e. The fraction of sp³-hybridized carbons (Fsp3) is 0.727. The Bertz CT molecular complexity index is 246. The summed E-state index contributed by atoms with van der Waals surface area (Å²) in [5.41, 5.74) is 0.119. The number of carboxylic acids is 1. The summed E-state index contributed by atoms with van der Waals surface area (Å²) in [5.74, 6) is -0.819. The number of rotatable bonds is 3. The van der Waals surface area contributed by atoms with Crippen LogP contribution >= 0.6 is 0 Å². The summed E-state index contributed by atoms with van der Waals surface area (Å²) in [5, 5.41) is 18.2. The van der Waals surface area contributed by atoms with Crippen LogP contribution in [0.4, 0.5) is 0 Å². The Hall–Kier alpha value is -0.990. The van der Waals surface area contributed by atoms with Crippen LogP contribution in [0.3, 0.4) is 0 Å². The van der Waals surface area contributed by atoms with E-state index in [2.05, 4.69) is 20.8 Å². The Labute approximate surface area is 85.4 Å². The number of carboxylic acid groups (broad SMARTS) is 1. The van der Waals surface area contributed by atoms with Gasteiger partial charge in [0.25, 0.3) is 0 Å². The molecule has 1 atom stereocenters. The van der Waals surface area contributed by atoms with E-state index < -0.39 is 5.97 Å². The van der Waals surface area contributed by atoms with E-state index in [4.69, 9.17) is 5.11 Å². The third-order valence-corrected chi connectivity index (χ3v) is 2.73. The minimum absolute atomic E-state index is 0.0140. The van der Waals surface area contributed by atoms with E-state index >= 15 is 0 Å². The summed E-state index contributed by atoms with van der Waals surface area (Å²) in [6.07, 6.45) is 0.418. The maximum absolute atomic E-state index is 10.6. The third-order valence-electron chi connectivity index (χ3n) is 2.73. The lowest BCUT2D eigenvalue weighted by molar-refractivity contribution is -0.132. The second-order valence-electron chi connectivity index (χ2n) is 4.85. The fourth-order valence-corrected chi connectivity index (χ4v) is 0.873. The average Bonchev–Trinajstić information content (AvgIpc) is 2.00. The zero-order valence-corrected chi connectivity index (χ0v) is 9.59. The zero-order valence-electron chi connectivity index (χ0n) is 9.59. The van der Waals surface area contributed by atoms with Gasteiger partial charge in [0.15, 0.2) is 0 Å². The summed E-state index contributed by atoms with van der Waals surface area (Å²) in [4.78, 5) is 10.6. The molecule has 0 aliphatic rings. The van der Waals surface area contributed by atoms with Gasteiger partial charge in [0.05, 0.1) is 5.57 Å². The summed E-state index contributed by atoms with van der Waals surface area (Å²) < 4.78 is 0. The van der Waals surface area contributed by atoms with Crippen molar-refractivity contribution in [2.24, 2.45) is 11.3 Å². The molecule has 0 saturated heterocycles. The first-order valence-electron chi connectivity index (χ1n) is 4.78. The molecule has 14 heavy (non-hydrogen) atoms. The molecule has 0 aromatic heterocycles. The first-order chi connectivity index (χ1) is 6.16. The van der Waals surface area contributed by atoms with E-state index in [-0.39, 0.29) is 22.7 Å². The van der Waals surface area contributed by atoms with Crippen LogP contribution < -0.4 is 0 Å². The second kappa shape index (κ2) is 4.49. The Balaban J connectivity index is 4.55. The number of aliphatic hydroxyl groups excluding tert-OH is 1. The molecule has 2 N–H and O–H groups in total. The molecule has 0 aromatic carbocycles. The topological polar surface area (TPSA) is 57.5 Å². The zero-order chi connectivity index (χ0) is 11.5. The van der Waals surface area contributed by atoms with E-state index in [9.17, 15) is 9.90 Å². The van der Waals surface area contributed by atoms with Crippen LogP contribution in [-0.2, 0) is 4.79 Å². The van der Waals surface area contributed by atoms with Gasteiger partial charge in [0.1, 0.15) is 5.76 Å². The van der Waals surface area contributed by atoms with Crippen LogP contribution in [0.25, 0.3) is 0 Å². The van der Waals surface area contributed by atoms with Gasteiger partial charge in [-0.15, -0.1) is 0 Å². The molecule has 1 unspecified atom stereocenters. The number of hydrogen-bond acceptors (Lipinski definition) is 2. The monoisotopic (exact) mass is 200 g/mol. The lowest BCUT2D eigenvalue weighted by atomic mass is 9.79. The molecule has 0 amide bonds. The number of carbonyl (C=O) groups is 1.